The van der Waals surface area contributed by atoms with Crippen LogP contribution >= 0.6 is 0 Å². The van der Waals surface area contributed by atoms with Crippen molar-refractivity contribution in [1.82, 2.24) is 15.1 Å². The number of hydrogen-bond acceptors (Lipinski definition) is 3. The first-order chi connectivity index (χ1) is 20.0. The van der Waals surface area contributed by atoms with E-state index >= 15 is 0 Å². The standard InChI is InChI=1S/C38H63N3O2/c1-24(2)31-27(42)23-35(7)17-18-37(9)26(32(31)35)11-12-29-36(8)15-14-30(34(5,6)28(36)13-16-38(29,37)10)39-33(43)41-21-19-40(20-22-41)25(3)4/h24-26,28-30H,11-23H2,1-10H3,(H,39,43)/t26-,28+,29-,30?,35+,36+,37-,38-/m1/s1. The number of piperazine rings is 1. The number of carbonyl (C=O) groups is 2. The van der Waals surface area contributed by atoms with Gasteiger partial charge in [0.05, 0.1) is 0 Å². The molecular formula is C38H63N3O2. The molecule has 0 spiro atoms. The first kappa shape index (κ1) is 31.6. The van der Waals surface area contributed by atoms with Crippen LogP contribution in [0.3, 0.4) is 0 Å². The number of nitrogens with one attached hydrogen (secondary N) is 1. The smallest absolute Gasteiger partial charge is 0.317 e. The summed E-state index contributed by atoms with van der Waals surface area (Å²) < 4.78 is 0. The highest BCUT2D eigenvalue weighted by atomic mass is 16.2. The Morgan fingerprint density at radius 3 is 2.09 bits per heavy atom. The van der Waals surface area contributed by atoms with Crippen LogP contribution in [0.15, 0.2) is 11.1 Å². The summed E-state index contributed by atoms with van der Waals surface area (Å²) in [4.78, 5) is 31.5. The summed E-state index contributed by atoms with van der Waals surface area (Å²) in [6.45, 7) is 28.0. The van der Waals surface area contributed by atoms with Crippen LogP contribution < -0.4 is 5.32 Å². The van der Waals surface area contributed by atoms with E-state index in [9.17, 15) is 9.59 Å². The maximum Gasteiger partial charge on any atom is 0.317 e. The average Bonchev–Trinajstić information content (AvgIpc) is 3.21. The number of hydrogen-bond donors (Lipinski definition) is 1. The van der Waals surface area contributed by atoms with Crippen LogP contribution in [0.2, 0.25) is 0 Å². The summed E-state index contributed by atoms with van der Waals surface area (Å²) >= 11 is 0. The fraction of sp³-hybridized carbons (Fsp3) is 0.895. The van der Waals surface area contributed by atoms with E-state index in [1.165, 1.54) is 50.5 Å². The van der Waals surface area contributed by atoms with Gasteiger partial charge in [0.25, 0.3) is 0 Å². The number of fused-ring (bicyclic) bond motifs is 7. The van der Waals surface area contributed by atoms with Crippen LogP contribution in [-0.4, -0.2) is 59.9 Å². The lowest BCUT2D eigenvalue weighted by Crippen LogP contribution is -2.67. The van der Waals surface area contributed by atoms with Crippen molar-refractivity contribution in [3.05, 3.63) is 11.1 Å². The van der Waals surface area contributed by atoms with Crippen LogP contribution in [0.25, 0.3) is 0 Å². The predicted molar refractivity (Wildman–Crippen MR) is 176 cm³/mol. The minimum Gasteiger partial charge on any atom is -0.335 e. The van der Waals surface area contributed by atoms with Crippen LogP contribution in [0.1, 0.15) is 127 Å². The van der Waals surface area contributed by atoms with E-state index in [0.717, 1.165) is 39.0 Å². The van der Waals surface area contributed by atoms with Crippen molar-refractivity contribution in [3.63, 3.8) is 0 Å². The fourth-order valence-electron chi connectivity index (χ4n) is 12.8. The Labute approximate surface area is 263 Å². The lowest BCUT2D eigenvalue weighted by atomic mass is 9.33. The van der Waals surface area contributed by atoms with E-state index in [4.69, 9.17) is 0 Å². The fourth-order valence-corrected chi connectivity index (χ4v) is 12.8. The molecule has 6 rings (SSSR count). The Bertz CT molecular complexity index is 1180. The van der Waals surface area contributed by atoms with Crippen molar-refractivity contribution < 1.29 is 9.59 Å². The van der Waals surface area contributed by atoms with Gasteiger partial charge in [0.1, 0.15) is 0 Å². The molecule has 0 aromatic carbocycles. The molecule has 5 fully saturated rings. The highest BCUT2D eigenvalue weighted by Gasteiger charge is 2.69. The molecule has 242 valence electrons. The number of ketones is 1. The van der Waals surface area contributed by atoms with Gasteiger partial charge in [0.15, 0.2) is 5.78 Å². The highest BCUT2D eigenvalue weighted by molar-refractivity contribution is 6.00. The lowest BCUT2D eigenvalue weighted by molar-refractivity contribution is -0.215. The SMILES string of the molecule is CC(C)C1=C2[C@H]3CC[C@@H]4[C@@]5(C)CCC(NC(=O)N6CCN(C(C)C)CC6)C(C)(C)[C@@H]5CC[C@@]4(C)[C@]3(C)CC[C@@]2(C)CC1=O. The van der Waals surface area contributed by atoms with Crippen LogP contribution in [0, 0.1) is 50.7 Å². The molecule has 0 radical (unpaired) electrons. The van der Waals surface area contributed by atoms with Crippen LogP contribution in [0.4, 0.5) is 4.79 Å². The van der Waals surface area contributed by atoms with Gasteiger partial charge in [-0.3, -0.25) is 9.69 Å². The molecule has 5 heteroatoms. The van der Waals surface area contributed by atoms with Gasteiger partial charge in [-0.15, -0.1) is 0 Å². The maximum atomic E-state index is 13.5. The Morgan fingerprint density at radius 2 is 1.47 bits per heavy atom. The number of urea groups is 1. The van der Waals surface area contributed by atoms with Crippen molar-refractivity contribution in [2.75, 3.05) is 26.2 Å². The molecule has 8 atom stereocenters. The van der Waals surface area contributed by atoms with Crippen molar-refractivity contribution in [1.29, 1.82) is 0 Å². The number of carbonyl (C=O) groups excluding carboxylic acids is 2. The first-order valence-electron chi connectivity index (χ1n) is 18.1. The van der Waals surface area contributed by atoms with Crippen molar-refractivity contribution in [2.45, 2.75) is 139 Å². The minimum absolute atomic E-state index is 0.0673. The Morgan fingerprint density at radius 1 is 0.791 bits per heavy atom. The number of rotatable bonds is 3. The Kier molecular flexibility index (Phi) is 7.59. The highest BCUT2D eigenvalue weighted by Crippen LogP contribution is 2.76. The maximum absolute atomic E-state index is 13.5. The summed E-state index contributed by atoms with van der Waals surface area (Å²) in [5.41, 5.74) is 3.78. The second-order valence-electron chi connectivity index (χ2n) is 18.2. The zero-order chi connectivity index (χ0) is 31.3. The molecule has 2 amide bonds. The van der Waals surface area contributed by atoms with Gasteiger partial charge in [0, 0.05) is 44.7 Å². The molecule has 1 aliphatic heterocycles. The summed E-state index contributed by atoms with van der Waals surface area (Å²) in [7, 11) is 0. The van der Waals surface area contributed by atoms with Gasteiger partial charge in [-0.2, -0.15) is 0 Å². The number of nitrogens with zero attached hydrogens (tertiary/aromatic N) is 2. The third kappa shape index (κ3) is 4.46. The van der Waals surface area contributed by atoms with Crippen molar-refractivity contribution >= 4 is 11.8 Å². The lowest BCUT2D eigenvalue weighted by Gasteiger charge is -2.72. The van der Waals surface area contributed by atoms with Gasteiger partial charge < -0.3 is 10.2 Å². The zero-order valence-corrected chi connectivity index (χ0v) is 29.4. The number of Topliss-reactive ketones (excluding diaryl/α,β-unsaturated/α-hetero) is 1. The molecule has 0 aromatic rings. The molecule has 0 aromatic heterocycles. The molecule has 1 N–H and O–H groups in total. The largest absolute Gasteiger partial charge is 0.335 e. The number of allylic oxidation sites excluding steroid dienone is 2. The third-order valence-corrected chi connectivity index (χ3v) is 15.4. The van der Waals surface area contributed by atoms with Crippen molar-refractivity contribution in [3.8, 4) is 0 Å². The zero-order valence-electron chi connectivity index (χ0n) is 29.4. The molecule has 4 saturated carbocycles. The van der Waals surface area contributed by atoms with E-state index in [1.54, 1.807) is 5.57 Å². The first-order valence-corrected chi connectivity index (χ1v) is 18.1. The second kappa shape index (κ2) is 10.3. The van der Waals surface area contributed by atoms with Crippen LogP contribution in [-0.2, 0) is 4.79 Å². The summed E-state index contributed by atoms with van der Waals surface area (Å²) in [5.74, 6) is 2.64. The Hall–Kier alpha value is -1.36. The summed E-state index contributed by atoms with van der Waals surface area (Å²) in [6, 6.07) is 0.933. The van der Waals surface area contributed by atoms with E-state index in [1.807, 2.05) is 0 Å². The molecule has 5 aliphatic carbocycles. The minimum atomic E-state index is 0.0673. The second-order valence-corrected chi connectivity index (χ2v) is 18.2. The predicted octanol–water partition coefficient (Wildman–Crippen LogP) is 8.09. The summed E-state index contributed by atoms with van der Waals surface area (Å²) in [5, 5.41) is 3.59. The number of amides is 2. The molecule has 0 bridgehead atoms. The Balaban J connectivity index is 1.23. The molecule has 43 heavy (non-hydrogen) atoms. The topological polar surface area (TPSA) is 52.7 Å². The molecule has 5 nitrogen and oxygen atoms in total. The summed E-state index contributed by atoms with van der Waals surface area (Å²) in [6.07, 6.45) is 10.5. The normalized spacial score (nSPS) is 44.7. The third-order valence-electron chi connectivity index (χ3n) is 15.4. The van der Waals surface area contributed by atoms with Gasteiger partial charge in [0.2, 0.25) is 0 Å². The van der Waals surface area contributed by atoms with Gasteiger partial charge in [-0.1, -0.05) is 61.0 Å². The quantitative estimate of drug-likeness (QED) is 0.360. The average molecular weight is 594 g/mol. The van der Waals surface area contributed by atoms with Crippen molar-refractivity contribution in [2.24, 2.45) is 50.7 Å². The van der Waals surface area contributed by atoms with Gasteiger partial charge >= 0.3 is 6.03 Å². The van der Waals surface area contributed by atoms with E-state index in [-0.39, 0.29) is 39.1 Å². The molecule has 1 unspecified atom stereocenters. The van der Waals surface area contributed by atoms with E-state index in [0.29, 0.717) is 35.5 Å². The van der Waals surface area contributed by atoms with Crippen LogP contribution in [0.5, 0.6) is 0 Å². The monoisotopic (exact) mass is 593 g/mol. The van der Waals surface area contributed by atoms with E-state index < -0.39 is 0 Å². The van der Waals surface area contributed by atoms with E-state index in [2.05, 4.69) is 84.4 Å². The molecule has 1 saturated heterocycles. The molecule has 6 aliphatic rings. The molecule has 1 heterocycles. The molecular weight excluding hydrogens is 530 g/mol. The van der Waals surface area contributed by atoms with Gasteiger partial charge in [-0.05, 0) is 122 Å². The van der Waals surface area contributed by atoms with Gasteiger partial charge in [-0.25, -0.2) is 4.79 Å².